The zero-order chi connectivity index (χ0) is 27.4. The molecule has 1 aromatic carbocycles. The molecule has 0 aliphatic carbocycles. The molecule has 2 saturated heterocycles. The molecule has 0 spiro atoms. The molecule has 4 aromatic rings. The van der Waals surface area contributed by atoms with Gasteiger partial charge in [0.15, 0.2) is 11.6 Å². The molecule has 0 radical (unpaired) electrons. The first-order valence-electron chi connectivity index (χ1n) is 13.6. The third kappa shape index (κ3) is 4.78. The summed E-state index contributed by atoms with van der Waals surface area (Å²) in [6.07, 6.45) is 6.25. The maximum atomic E-state index is 15.9. The smallest absolute Gasteiger partial charge is 0.201 e. The second kappa shape index (κ2) is 9.63. The zero-order valence-electron chi connectivity index (χ0n) is 23.1. The number of nitrogens with one attached hydrogen (secondary N) is 2. The maximum absolute atomic E-state index is 15.9. The van der Waals surface area contributed by atoms with Gasteiger partial charge in [-0.3, -0.25) is 5.10 Å². The second-order valence-corrected chi connectivity index (χ2v) is 12.0. The van der Waals surface area contributed by atoms with Crippen LogP contribution in [0, 0.1) is 5.82 Å². The van der Waals surface area contributed by atoms with Crippen molar-refractivity contribution in [2.45, 2.75) is 83.0 Å². The van der Waals surface area contributed by atoms with Gasteiger partial charge in [-0.05, 0) is 71.9 Å². The molecule has 0 amide bonds. The lowest BCUT2D eigenvalue weighted by Crippen LogP contribution is -2.58. The van der Waals surface area contributed by atoms with E-state index < -0.39 is 5.82 Å². The van der Waals surface area contributed by atoms with Crippen molar-refractivity contribution in [2.24, 2.45) is 0 Å². The molecule has 2 fully saturated rings. The Morgan fingerprint density at radius 3 is 2.51 bits per heavy atom. The lowest BCUT2D eigenvalue weighted by Gasteiger charge is -2.46. The standard InChI is InChI=1S/C28H35FN8O2/c1-27(2)13-16(14-28(3,4)35-27)37-26-21(32-36-37)12-20(31-34-26)18-10-9-17(23(29)25(18)38-5)19-15-30-33-24(19)22-8-6-7-11-39-22/h9-10,12,15-16,22,35H,6-8,11,13-14H2,1-5H3,(H,30,33). The number of fused-ring (bicyclic) bond motifs is 1. The van der Waals surface area contributed by atoms with E-state index in [0.29, 0.717) is 40.2 Å². The van der Waals surface area contributed by atoms with Crippen LogP contribution < -0.4 is 10.1 Å². The van der Waals surface area contributed by atoms with E-state index in [-0.39, 0.29) is 29.0 Å². The average Bonchev–Trinajstić information content (AvgIpc) is 3.54. The van der Waals surface area contributed by atoms with Crippen molar-refractivity contribution in [3.63, 3.8) is 0 Å². The van der Waals surface area contributed by atoms with Crippen LogP contribution in [0.5, 0.6) is 5.75 Å². The van der Waals surface area contributed by atoms with Gasteiger partial charge in [0.2, 0.25) is 5.65 Å². The molecular formula is C28H35FN8O2. The van der Waals surface area contributed by atoms with Crippen molar-refractivity contribution in [1.29, 1.82) is 0 Å². The van der Waals surface area contributed by atoms with E-state index >= 15 is 4.39 Å². The van der Waals surface area contributed by atoms with Crippen LogP contribution in [0.1, 0.15) is 77.6 Å². The van der Waals surface area contributed by atoms with E-state index in [1.54, 1.807) is 24.4 Å². The van der Waals surface area contributed by atoms with E-state index in [1.165, 1.54) is 7.11 Å². The molecule has 3 aromatic heterocycles. The van der Waals surface area contributed by atoms with Gasteiger partial charge in [-0.1, -0.05) is 11.3 Å². The SMILES string of the molecule is COc1c(-c2cc3nnn(C4CC(C)(C)NC(C)(C)C4)c3nn2)ccc(-c2cn[nH]c2C2CCCCO2)c1F. The molecule has 11 heteroatoms. The van der Waals surface area contributed by atoms with Crippen LogP contribution in [0.2, 0.25) is 0 Å². The molecule has 0 bridgehead atoms. The topological polar surface area (TPSA) is 116 Å². The van der Waals surface area contributed by atoms with E-state index in [9.17, 15) is 0 Å². The minimum atomic E-state index is -0.488. The Hall–Kier alpha value is -3.44. The number of rotatable bonds is 5. The van der Waals surface area contributed by atoms with Crippen molar-refractivity contribution in [3.05, 3.63) is 35.9 Å². The van der Waals surface area contributed by atoms with Crippen LogP contribution in [0.25, 0.3) is 33.5 Å². The van der Waals surface area contributed by atoms with Crippen molar-refractivity contribution >= 4 is 11.2 Å². The fourth-order valence-corrected chi connectivity index (χ4v) is 6.46. The van der Waals surface area contributed by atoms with E-state index in [0.717, 1.165) is 37.8 Å². The Morgan fingerprint density at radius 1 is 1.03 bits per heavy atom. The fourth-order valence-electron chi connectivity index (χ4n) is 6.46. The van der Waals surface area contributed by atoms with E-state index in [2.05, 4.69) is 63.7 Å². The van der Waals surface area contributed by atoms with Crippen molar-refractivity contribution in [1.82, 2.24) is 40.7 Å². The Labute approximate surface area is 226 Å². The van der Waals surface area contributed by atoms with Gasteiger partial charge < -0.3 is 14.8 Å². The molecule has 2 N–H and O–H groups in total. The molecular weight excluding hydrogens is 499 g/mol. The molecule has 206 valence electrons. The Bertz CT molecular complexity index is 1490. The molecule has 5 heterocycles. The zero-order valence-corrected chi connectivity index (χ0v) is 23.1. The number of aromatic nitrogens is 7. The number of aromatic amines is 1. The van der Waals surface area contributed by atoms with Gasteiger partial charge in [-0.25, -0.2) is 9.07 Å². The van der Waals surface area contributed by atoms with Crippen LogP contribution >= 0.6 is 0 Å². The fraction of sp³-hybridized carbons (Fsp3) is 0.536. The molecule has 6 rings (SSSR count). The Kier molecular flexibility index (Phi) is 6.38. The molecule has 2 aliphatic heterocycles. The molecule has 1 atom stereocenters. The predicted molar refractivity (Wildman–Crippen MR) is 145 cm³/mol. The van der Waals surface area contributed by atoms with Crippen LogP contribution in [-0.2, 0) is 4.74 Å². The van der Waals surface area contributed by atoms with Gasteiger partial charge >= 0.3 is 0 Å². The highest BCUT2D eigenvalue weighted by atomic mass is 19.1. The molecule has 2 aliphatic rings. The van der Waals surface area contributed by atoms with Crippen LogP contribution in [-0.4, -0.2) is 60.2 Å². The number of ether oxygens (including phenoxy) is 2. The highest BCUT2D eigenvalue weighted by molar-refractivity contribution is 5.80. The van der Waals surface area contributed by atoms with Crippen molar-refractivity contribution in [3.8, 4) is 28.1 Å². The Morgan fingerprint density at radius 2 is 1.79 bits per heavy atom. The number of hydrogen-bond acceptors (Lipinski definition) is 8. The minimum absolute atomic E-state index is 0.0529. The first kappa shape index (κ1) is 25.8. The minimum Gasteiger partial charge on any atom is -0.493 e. The summed E-state index contributed by atoms with van der Waals surface area (Å²) >= 11 is 0. The number of hydrogen-bond donors (Lipinski definition) is 2. The third-order valence-corrected chi connectivity index (χ3v) is 7.77. The average molecular weight is 535 g/mol. The van der Waals surface area contributed by atoms with Crippen molar-refractivity contribution < 1.29 is 13.9 Å². The summed E-state index contributed by atoms with van der Waals surface area (Å²) in [4.78, 5) is 0. The molecule has 39 heavy (non-hydrogen) atoms. The monoisotopic (exact) mass is 534 g/mol. The van der Waals surface area contributed by atoms with Gasteiger partial charge in [0.25, 0.3) is 0 Å². The van der Waals surface area contributed by atoms with Crippen LogP contribution in [0.15, 0.2) is 24.4 Å². The summed E-state index contributed by atoms with van der Waals surface area (Å²) < 4.78 is 29.3. The quantitative estimate of drug-likeness (QED) is 0.361. The summed E-state index contributed by atoms with van der Waals surface area (Å²) in [5.41, 5.74) is 3.91. The van der Waals surface area contributed by atoms with Crippen molar-refractivity contribution in [2.75, 3.05) is 13.7 Å². The molecule has 0 saturated carbocycles. The third-order valence-electron chi connectivity index (χ3n) is 7.77. The van der Waals surface area contributed by atoms with E-state index in [4.69, 9.17) is 9.47 Å². The first-order valence-corrected chi connectivity index (χ1v) is 13.6. The van der Waals surface area contributed by atoms with E-state index in [1.807, 2.05) is 4.68 Å². The highest BCUT2D eigenvalue weighted by Gasteiger charge is 2.39. The first-order chi connectivity index (χ1) is 18.7. The lowest BCUT2D eigenvalue weighted by molar-refractivity contribution is 0.0126. The summed E-state index contributed by atoms with van der Waals surface area (Å²) in [6, 6.07) is 5.45. The summed E-state index contributed by atoms with van der Waals surface area (Å²) in [7, 11) is 1.45. The molecule has 10 nitrogen and oxygen atoms in total. The van der Waals surface area contributed by atoms with Gasteiger partial charge in [-0.2, -0.15) is 5.10 Å². The van der Waals surface area contributed by atoms with Gasteiger partial charge in [0.05, 0.1) is 36.8 Å². The number of H-pyrrole nitrogens is 1. The number of benzene rings is 1. The second-order valence-electron chi connectivity index (χ2n) is 12.0. The number of methoxy groups -OCH3 is 1. The summed E-state index contributed by atoms with van der Waals surface area (Å²) in [6.45, 7) is 9.48. The number of halogens is 1. The molecule has 1 unspecified atom stereocenters. The summed E-state index contributed by atoms with van der Waals surface area (Å²) in [5.74, 6) is -0.398. The summed E-state index contributed by atoms with van der Waals surface area (Å²) in [5, 5.41) is 28.7. The largest absolute Gasteiger partial charge is 0.493 e. The highest BCUT2D eigenvalue weighted by Crippen LogP contribution is 2.41. The number of nitrogens with zero attached hydrogens (tertiary/aromatic N) is 6. The predicted octanol–water partition coefficient (Wildman–Crippen LogP) is 5.15. The van der Waals surface area contributed by atoms with Gasteiger partial charge in [-0.15, -0.1) is 15.3 Å². The normalized spacial score (nSPS) is 21.3. The van der Waals surface area contributed by atoms with Crippen LogP contribution in [0.3, 0.4) is 0 Å². The maximum Gasteiger partial charge on any atom is 0.201 e. The lowest BCUT2D eigenvalue weighted by atomic mass is 9.80. The van der Waals surface area contributed by atoms with Gasteiger partial charge in [0.1, 0.15) is 5.52 Å². The number of piperidine rings is 1. The van der Waals surface area contributed by atoms with Crippen LogP contribution in [0.4, 0.5) is 4.39 Å². The van der Waals surface area contributed by atoms with Gasteiger partial charge in [0, 0.05) is 34.4 Å². The Balaban J connectivity index is 1.35.